The third-order valence-corrected chi connectivity index (χ3v) is 12.8. The number of hydrogen-bond donors (Lipinski definition) is 1. The SMILES string of the molecule is COC(Oc1ccc(CCCN(C)CC(c2ccc(Cl)cc2)c2ccc(Cl)cc2)cc1)C(=O)N(C)OC.COC(Oc1ccc(CCCN(C)CC(c2ccc(Cl)cc2)c2ccc(Cl)cc2)cc1)C(=O)O. The van der Waals surface area contributed by atoms with Gasteiger partial charge in [0.15, 0.2) is 0 Å². The largest absolute Gasteiger partial charge is 0.477 e. The van der Waals surface area contributed by atoms with Crippen LogP contribution in [0.15, 0.2) is 146 Å². The number of aryl methyl sites for hydroxylation is 2. The van der Waals surface area contributed by atoms with Crippen LogP contribution in [0.5, 0.6) is 11.5 Å². The zero-order valence-electron chi connectivity index (χ0n) is 41.0. The van der Waals surface area contributed by atoms with Crippen LogP contribution in [0.3, 0.4) is 0 Å². The number of benzene rings is 6. The maximum absolute atomic E-state index is 12.2. The Labute approximate surface area is 438 Å². The van der Waals surface area contributed by atoms with Gasteiger partial charge in [-0.1, -0.05) is 119 Å². The minimum atomic E-state index is -1.31. The van der Waals surface area contributed by atoms with Crippen LogP contribution in [0.1, 0.15) is 58.1 Å². The first-order chi connectivity index (χ1) is 34.1. The van der Waals surface area contributed by atoms with Crippen molar-refractivity contribution in [3.8, 4) is 11.5 Å². The molecule has 0 saturated carbocycles. The standard InChI is InChI=1S/C29H34Cl2N2O4.C27H29Cl2NO4/c1-32(20-27(22-9-13-24(30)14-10-22)23-11-15-25(31)16-12-23)19-5-6-21-7-17-26(18-8-21)37-29(35-3)28(34)33(2)36-4;1-30(17-3-4-19-5-15-24(16-6-19)34-27(33-2)26(31)32)18-25(20-7-11-22(28)12-8-20)21-9-13-23(29)14-10-21/h7-18,27,29H,5-6,19-20H2,1-4H3;5-16,25,27H,3-4,17-18H2,1-2H3,(H,31,32). The molecule has 0 aliphatic rings. The van der Waals surface area contributed by atoms with E-state index in [9.17, 15) is 9.59 Å². The second-order valence-corrected chi connectivity index (χ2v) is 18.8. The third-order valence-electron chi connectivity index (χ3n) is 11.8. The Hall–Kier alpha value is -5.18. The summed E-state index contributed by atoms with van der Waals surface area (Å²) in [7, 11) is 9.91. The van der Waals surface area contributed by atoms with Gasteiger partial charge in [0.2, 0.25) is 0 Å². The molecule has 0 fully saturated rings. The topological polar surface area (TPSA) is 110 Å². The van der Waals surface area contributed by atoms with Crippen LogP contribution in [0.4, 0.5) is 0 Å². The second kappa shape index (κ2) is 29.4. The van der Waals surface area contributed by atoms with Gasteiger partial charge in [0, 0.05) is 66.3 Å². The van der Waals surface area contributed by atoms with Crippen molar-refractivity contribution in [2.24, 2.45) is 0 Å². The number of ether oxygens (including phenoxy) is 4. The smallest absolute Gasteiger partial charge is 0.373 e. The molecule has 0 heterocycles. The molecule has 2 unspecified atom stereocenters. The van der Waals surface area contributed by atoms with E-state index >= 15 is 0 Å². The maximum atomic E-state index is 12.2. The lowest BCUT2D eigenvalue weighted by molar-refractivity contribution is -0.194. The summed E-state index contributed by atoms with van der Waals surface area (Å²) >= 11 is 24.5. The number of likely N-dealkylation sites (N-methyl/N-ethyl adjacent to an activating group) is 3. The summed E-state index contributed by atoms with van der Waals surface area (Å²) in [6.07, 6.45) is 1.44. The number of aliphatic carboxylic acids is 1. The highest BCUT2D eigenvalue weighted by atomic mass is 35.5. The number of rotatable bonds is 25. The van der Waals surface area contributed by atoms with E-state index < -0.39 is 24.5 Å². The summed E-state index contributed by atoms with van der Waals surface area (Å²) in [6, 6.07) is 47.3. The highest BCUT2D eigenvalue weighted by Crippen LogP contribution is 2.30. The van der Waals surface area contributed by atoms with Gasteiger partial charge in [-0.25, -0.2) is 9.86 Å². The van der Waals surface area contributed by atoms with Crippen LogP contribution in [-0.2, 0) is 36.7 Å². The quantitative estimate of drug-likeness (QED) is 0.0440. The number of methoxy groups -OCH3 is 2. The van der Waals surface area contributed by atoms with Crippen molar-refractivity contribution < 1.29 is 38.5 Å². The second-order valence-electron chi connectivity index (χ2n) is 17.1. The zero-order chi connectivity index (χ0) is 51.3. The molecule has 11 nitrogen and oxygen atoms in total. The minimum Gasteiger partial charge on any atom is -0.477 e. The van der Waals surface area contributed by atoms with Gasteiger partial charge in [-0.2, -0.15) is 0 Å². The molecule has 1 amide bonds. The van der Waals surface area contributed by atoms with Gasteiger partial charge in [-0.05, 0) is 159 Å². The van der Waals surface area contributed by atoms with Gasteiger partial charge in [0.1, 0.15) is 11.5 Å². The van der Waals surface area contributed by atoms with Crippen LogP contribution in [-0.4, -0.2) is 113 Å². The molecule has 378 valence electrons. The highest BCUT2D eigenvalue weighted by Gasteiger charge is 2.24. The lowest BCUT2D eigenvalue weighted by Gasteiger charge is -2.25. The molecule has 15 heteroatoms. The molecule has 1 N–H and O–H groups in total. The fourth-order valence-corrected chi connectivity index (χ4v) is 8.36. The lowest BCUT2D eigenvalue weighted by atomic mass is 9.91. The number of carboxylic acid groups (broad SMARTS) is 1. The molecule has 6 rings (SSSR count). The summed E-state index contributed by atoms with van der Waals surface area (Å²) in [5, 5.41) is 13.0. The van der Waals surface area contributed by atoms with Crippen LogP contribution in [0.2, 0.25) is 20.1 Å². The number of carboxylic acids is 1. The Morgan fingerprint density at radius 2 is 0.789 bits per heavy atom. The lowest BCUT2D eigenvalue weighted by Crippen LogP contribution is -2.40. The molecule has 0 radical (unpaired) electrons. The van der Waals surface area contributed by atoms with Gasteiger partial charge in [-0.15, -0.1) is 0 Å². The van der Waals surface area contributed by atoms with E-state index in [-0.39, 0.29) is 11.8 Å². The molecule has 0 aromatic heterocycles. The predicted molar refractivity (Wildman–Crippen MR) is 284 cm³/mol. The van der Waals surface area contributed by atoms with Crippen molar-refractivity contribution in [3.05, 3.63) is 199 Å². The van der Waals surface area contributed by atoms with E-state index in [1.807, 2.05) is 84.9 Å². The molecule has 0 aliphatic carbocycles. The Bertz CT molecular complexity index is 2410. The van der Waals surface area contributed by atoms with Gasteiger partial charge < -0.3 is 33.9 Å². The number of hydrogen-bond acceptors (Lipinski definition) is 9. The maximum Gasteiger partial charge on any atom is 0.373 e. The van der Waals surface area contributed by atoms with Crippen molar-refractivity contribution in [1.29, 1.82) is 0 Å². The monoisotopic (exact) mass is 1050 g/mol. The van der Waals surface area contributed by atoms with E-state index in [0.29, 0.717) is 11.5 Å². The first-order valence-electron chi connectivity index (χ1n) is 23.2. The Morgan fingerprint density at radius 3 is 1.07 bits per heavy atom. The van der Waals surface area contributed by atoms with Crippen LogP contribution in [0, 0.1) is 0 Å². The molecule has 6 aromatic carbocycles. The van der Waals surface area contributed by atoms with Crippen molar-refractivity contribution in [2.75, 3.05) is 68.7 Å². The van der Waals surface area contributed by atoms with Crippen LogP contribution >= 0.6 is 46.4 Å². The molecule has 6 aromatic rings. The van der Waals surface area contributed by atoms with Gasteiger partial charge >= 0.3 is 11.9 Å². The van der Waals surface area contributed by atoms with E-state index in [1.54, 1.807) is 12.1 Å². The summed E-state index contributed by atoms with van der Waals surface area (Å²) in [5.74, 6) is -0.149. The normalized spacial score (nSPS) is 12.1. The van der Waals surface area contributed by atoms with E-state index in [2.05, 4.69) is 72.4 Å². The molecular formula is C56H63Cl4N3O8. The van der Waals surface area contributed by atoms with E-state index in [4.69, 9.17) is 75.3 Å². The summed E-state index contributed by atoms with van der Waals surface area (Å²) in [5.41, 5.74) is 7.23. The molecule has 0 aliphatic heterocycles. The number of nitrogens with zero attached hydrogens (tertiary/aromatic N) is 3. The predicted octanol–water partition coefficient (Wildman–Crippen LogP) is 12.2. The molecule has 71 heavy (non-hydrogen) atoms. The van der Waals surface area contributed by atoms with E-state index in [0.717, 1.165) is 82.6 Å². The number of halogens is 4. The summed E-state index contributed by atoms with van der Waals surface area (Å²) in [4.78, 5) is 32.8. The molecular weight excluding hydrogens is 984 g/mol. The fraction of sp³-hybridized carbons (Fsp3) is 0.321. The van der Waals surface area contributed by atoms with Crippen LogP contribution in [0.25, 0.3) is 0 Å². The van der Waals surface area contributed by atoms with Crippen molar-refractivity contribution in [1.82, 2.24) is 14.9 Å². The molecule has 0 spiro atoms. The van der Waals surface area contributed by atoms with Gasteiger partial charge in [0.05, 0.1) is 7.11 Å². The van der Waals surface area contributed by atoms with E-state index in [1.165, 1.54) is 56.2 Å². The Balaban J connectivity index is 0.000000265. The van der Waals surface area contributed by atoms with Gasteiger partial charge in [-0.3, -0.25) is 9.63 Å². The molecule has 0 saturated heterocycles. The van der Waals surface area contributed by atoms with Gasteiger partial charge in [0.25, 0.3) is 12.6 Å². The number of carbonyl (C=O) groups excluding carboxylic acids is 1. The van der Waals surface area contributed by atoms with Crippen molar-refractivity contribution in [2.45, 2.75) is 50.1 Å². The average molecular weight is 1050 g/mol. The van der Waals surface area contributed by atoms with Crippen molar-refractivity contribution in [3.63, 3.8) is 0 Å². The Kier molecular flexibility index (Phi) is 23.5. The van der Waals surface area contributed by atoms with Crippen LogP contribution < -0.4 is 9.47 Å². The third kappa shape index (κ3) is 18.7. The average Bonchev–Trinajstić information content (AvgIpc) is 3.37. The highest BCUT2D eigenvalue weighted by molar-refractivity contribution is 6.31. The first kappa shape index (κ1) is 56.7. The van der Waals surface area contributed by atoms with Crippen molar-refractivity contribution >= 4 is 58.3 Å². The number of carbonyl (C=O) groups is 2. The number of amides is 1. The summed E-state index contributed by atoms with van der Waals surface area (Å²) in [6.45, 7) is 3.61. The number of hydroxylamine groups is 2. The zero-order valence-corrected chi connectivity index (χ0v) is 44.0. The first-order valence-corrected chi connectivity index (χ1v) is 24.7. The summed E-state index contributed by atoms with van der Waals surface area (Å²) < 4.78 is 20.9. The Morgan fingerprint density at radius 1 is 0.479 bits per heavy atom. The molecule has 2 atom stereocenters. The minimum absolute atomic E-state index is 0.207. The fourth-order valence-electron chi connectivity index (χ4n) is 7.85. The molecule has 0 bridgehead atoms.